The lowest BCUT2D eigenvalue weighted by molar-refractivity contribution is -0.129. The Morgan fingerprint density at radius 2 is 2.00 bits per heavy atom. The number of nitrogens with one attached hydrogen (secondary N) is 1. The van der Waals surface area contributed by atoms with Gasteiger partial charge in [0.2, 0.25) is 5.91 Å². The van der Waals surface area contributed by atoms with Crippen molar-refractivity contribution >= 4 is 5.91 Å². The Labute approximate surface area is 155 Å². The van der Waals surface area contributed by atoms with Crippen LogP contribution in [0, 0.1) is 11.7 Å². The fraction of sp³-hybridized carbons (Fsp3) is 0.650. The summed E-state index contributed by atoms with van der Waals surface area (Å²) in [6, 6.07) is 5.82. The van der Waals surface area contributed by atoms with Gasteiger partial charge in [-0.05, 0) is 36.5 Å². The van der Waals surface area contributed by atoms with Gasteiger partial charge in [0.15, 0.2) is 0 Å². The van der Waals surface area contributed by atoms with Crippen molar-refractivity contribution in [3.63, 3.8) is 0 Å². The molecule has 2 fully saturated rings. The molecule has 6 heteroatoms. The van der Waals surface area contributed by atoms with Gasteiger partial charge in [0.25, 0.3) is 0 Å². The SMILES string of the molecule is NCC(NC(=O)C(c1cccc(F)c1)N1CCOCC1)C1CCCCC1. The molecule has 26 heavy (non-hydrogen) atoms. The van der Waals surface area contributed by atoms with Crippen molar-refractivity contribution in [2.24, 2.45) is 11.7 Å². The van der Waals surface area contributed by atoms with Crippen LogP contribution in [0.5, 0.6) is 0 Å². The Kier molecular flexibility index (Phi) is 7.00. The molecular weight excluding hydrogens is 333 g/mol. The van der Waals surface area contributed by atoms with Gasteiger partial charge in [-0.1, -0.05) is 31.4 Å². The first-order valence-electron chi connectivity index (χ1n) is 9.76. The second-order valence-electron chi connectivity index (χ2n) is 7.35. The Morgan fingerprint density at radius 3 is 2.65 bits per heavy atom. The van der Waals surface area contributed by atoms with Crippen molar-refractivity contribution < 1.29 is 13.9 Å². The Balaban J connectivity index is 1.77. The maximum atomic E-state index is 13.8. The zero-order chi connectivity index (χ0) is 18.4. The number of hydrogen-bond acceptors (Lipinski definition) is 4. The minimum Gasteiger partial charge on any atom is -0.379 e. The topological polar surface area (TPSA) is 67.6 Å². The highest BCUT2D eigenvalue weighted by Gasteiger charge is 2.32. The predicted octanol–water partition coefficient (Wildman–Crippen LogP) is 2.22. The molecule has 1 amide bonds. The Hall–Kier alpha value is -1.50. The number of halogens is 1. The molecule has 2 atom stereocenters. The van der Waals surface area contributed by atoms with E-state index in [1.807, 2.05) is 6.07 Å². The van der Waals surface area contributed by atoms with Crippen molar-refractivity contribution in [1.82, 2.24) is 10.2 Å². The second-order valence-corrected chi connectivity index (χ2v) is 7.35. The highest BCUT2D eigenvalue weighted by molar-refractivity contribution is 5.83. The number of morpholine rings is 1. The molecule has 3 rings (SSSR count). The molecule has 1 heterocycles. The van der Waals surface area contributed by atoms with E-state index in [1.54, 1.807) is 6.07 Å². The maximum Gasteiger partial charge on any atom is 0.242 e. The number of rotatable bonds is 6. The van der Waals surface area contributed by atoms with Crippen molar-refractivity contribution in [1.29, 1.82) is 0 Å². The molecule has 0 radical (unpaired) electrons. The number of carbonyl (C=O) groups is 1. The highest BCUT2D eigenvalue weighted by Crippen LogP contribution is 2.28. The molecule has 1 aliphatic carbocycles. The van der Waals surface area contributed by atoms with Gasteiger partial charge < -0.3 is 15.8 Å². The van der Waals surface area contributed by atoms with Crippen molar-refractivity contribution in [3.8, 4) is 0 Å². The molecule has 144 valence electrons. The summed E-state index contributed by atoms with van der Waals surface area (Å²) in [6.45, 7) is 2.93. The monoisotopic (exact) mass is 363 g/mol. The lowest BCUT2D eigenvalue weighted by Gasteiger charge is -2.36. The first-order valence-corrected chi connectivity index (χ1v) is 9.76. The largest absolute Gasteiger partial charge is 0.379 e. The quantitative estimate of drug-likeness (QED) is 0.813. The minimum absolute atomic E-state index is 0.0140. The van der Waals surface area contributed by atoms with Crippen molar-refractivity contribution in [3.05, 3.63) is 35.6 Å². The summed E-state index contributed by atoms with van der Waals surface area (Å²) in [4.78, 5) is 15.3. The third-order valence-electron chi connectivity index (χ3n) is 5.62. The van der Waals surface area contributed by atoms with Crippen LogP contribution in [0.1, 0.15) is 43.7 Å². The van der Waals surface area contributed by atoms with Crippen LogP contribution in [0.3, 0.4) is 0 Å². The average molecular weight is 363 g/mol. The van der Waals surface area contributed by atoms with Crippen LogP contribution in [0.4, 0.5) is 4.39 Å². The van der Waals surface area contributed by atoms with E-state index in [2.05, 4.69) is 10.2 Å². The predicted molar refractivity (Wildman–Crippen MR) is 99.1 cm³/mol. The van der Waals surface area contributed by atoms with Crippen LogP contribution < -0.4 is 11.1 Å². The van der Waals surface area contributed by atoms with Gasteiger partial charge in [-0.2, -0.15) is 0 Å². The van der Waals surface area contributed by atoms with E-state index in [9.17, 15) is 9.18 Å². The van der Waals surface area contributed by atoms with E-state index >= 15 is 0 Å². The van der Waals surface area contributed by atoms with Gasteiger partial charge in [0, 0.05) is 25.7 Å². The molecule has 1 saturated carbocycles. The second kappa shape index (κ2) is 9.44. The molecule has 5 nitrogen and oxygen atoms in total. The Morgan fingerprint density at radius 1 is 1.27 bits per heavy atom. The van der Waals surface area contributed by atoms with Gasteiger partial charge in [0.1, 0.15) is 11.9 Å². The van der Waals surface area contributed by atoms with E-state index in [0.29, 0.717) is 44.3 Å². The molecule has 2 aliphatic rings. The first-order chi connectivity index (χ1) is 12.7. The van der Waals surface area contributed by atoms with Crippen LogP contribution in [-0.4, -0.2) is 49.7 Å². The van der Waals surface area contributed by atoms with Gasteiger partial charge in [-0.25, -0.2) is 4.39 Å². The maximum absolute atomic E-state index is 13.8. The van der Waals surface area contributed by atoms with E-state index < -0.39 is 6.04 Å². The van der Waals surface area contributed by atoms with Crippen LogP contribution >= 0.6 is 0 Å². The molecular formula is C20H30FN3O2. The fourth-order valence-electron chi connectivity index (χ4n) is 4.21. The summed E-state index contributed by atoms with van der Waals surface area (Å²) >= 11 is 0. The van der Waals surface area contributed by atoms with Crippen LogP contribution in [0.2, 0.25) is 0 Å². The normalized spacial score (nSPS) is 21.9. The molecule has 0 spiro atoms. The molecule has 2 unspecified atom stereocenters. The summed E-state index contributed by atoms with van der Waals surface area (Å²) in [6.07, 6.45) is 5.90. The fourth-order valence-corrected chi connectivity index (χ4v) is 4.21. The summed E-state index contributed by atoms with van der Waals surface area (Å²) in [7, 11) is 0. The number of hydrogen-bond donors (Lipinski definition) is 2. The third-order valence-corrected chi connectivity index (χ3v) is 5.62. The summed E-state index contributed by atoms with van der Waals surface area (Å²) in [5, 5.41) is 3.18. The number of ether oxygens (including phenoxy) is 1. The lowest BCUT2D eigenvalue weighted by Crippen LogP contribution is -2.52. The zero-order valence-electron chi connectivity index (χ0n) is 15.3. The van der Waals surface area contributed by atoms with Gasteiger partial charge >= 0.3 is 0 Å². The smallest absolute Gasteiger partial charge is 0.242 e. The molecule has 0 aromatic heterocycles. The zero-order valence-corrected chi connectivity index (χ0v) is 15.3. The van der Waals surface area contributed by atoms with E-state index in [1.165, 1.54) is 31.4 Å². The molecule has 1 aromatic rings. The van der Waals surface area contributed by atoms with Crippen LogP contribution in [-0.2, 0) is 9.53 Å². The molecule has 1 aromatic carbocycles. The molecule has 1 aliphatic heterocycles. The number of nitrogens with zero attached hydrogens (tertiary/aromatic N) is 1. The van der Waals surface area contributed by atoms with E-state index in [-0.39, 0.29) is 17.8 Å². The number of benzene rings is 1. The van der Waals surface area contributed by atoms with E-state index in [0.717, 1.165) is 12.8 Å². The summed E-state index contributed by atoms with van der Waals surface area (Å²) in [5.74, 6) is 0.0327. The average Bonchev–Trinajstić information content (AvgIpc) is 2.68. The van der Waals surface area contributed by atoms with Gasteiger partial charge in [0.05, 0.1) is 13.2 Å². The minimum atomic E-state index is -0.507. The van der Waals surface area contributed by atoms with Crippen molar-refractivity contribution in [2.45, 2.75) is 44.2 Å². The molecule has 3 N–H and O–H groups in total. The summed E-state index contributed by atoms with van der Waals surface area (Å²) in [5.41, 5.74) is 6.67. The van der Waals surface area contributed by atoms with Crippen molar-refractivity contribution in [2.75, 3.05) is 32.8 Å². The standard InChI is InChI=1S/C20H30FN3O2/c21-17-8-4-7-16(13-17)19(24-9-11-26-12-10-24)20(25)23-18(14-22)15-5-2-1-3-6-15/h4,7-8,13,15,18-19H,1-3,5-6,9-12,14,22H2,(H,23,25). The number of carbonyl (C=O) groups excluding carboxylic acids is 1. The first kappa shape index (κ1) is 19.3. The van der Waals surface area contributed by atoms with Gasteiger partial charge in [-0.3, -0.25) is 9.69 Å². The third kappa shape index (κ3) is 4.81. The van der Waals surface area contributed by atoms with Crippen LogP contribution in [0.25, 0.3) is 0 Å². The Bertz CT molecular complexity index is 586. The number of amides is 1. The lowest BCUT2D eigenvalue weighted by atomic mass is 9.83. The van der Waals surface area contributed by atoms with Crippen LogP contribution in [0.15, 0.2) is 24.3 Å². The van der Waals surface area contributed by atoms with E-state index in [4.69, 9.17) is 10.5 Å². The summed E-state index contributed by atoms with van der Waals surface area (Å²) < 4.78 is 19.2. The number of nitrogens with two attached hydrogens (primary N) is 1. The van der Waals surface area contributed by atoms with Gasteiger partial charge in [-0.15, -0.1) is 0 Å². The molecule has 0 bridgehead atoms. The highest BCUT2D eigenvalue weighted by atomic mass is 19.1. The molecule has 1 saturated heterocycles.